The molecule has 41 heavy (non-hydrogen) atoms. The van der Waals surface area contributed by atoms with Gasteiger partial charge in [0.05, 0.1) is 12.8 Å². The highest BCUT2D eigenvalue weighted by Crippen LogP contribution is 2.35. The van der Waals surface area contributed by atoms with Crippen molar-refractivity contribution >= 4 is 35.8 Å². The molecule has 0 aromatic heterocycles. The molecule has 0 spiro atoms. The van der Waals surface area contributed by atoms with Crippen LogP contribution < -0.4 is 0 Å². The smallest absolute Gasteiger partial charge is 0.345 e. The zero-order chi connectivity index (χ0) is 31.0. The van der Waals surface area contributed by atoms with Gasteiger partial charge < -0.3 is 35.0 Å². The molecule has 0 radical (unpaired) electrons. The number of unbranched alkanes of at least 4 members (excludes halogenated alkanes) is 7. The van der Waals surface area contributed by atoms with Crippen molar-refractivity contribution in [2.45, 2.75) is 102 Å². The SMILES string of the molecule is CCCCCCCC/C=C/CC/C=C/[C@H]1C[C@H]([C@](O)(CC(=O)O[C@@H](C(=O)O)[C@@H](CC(=O)O)C(=O)O)C(=O)O)C(=O)O1. The van der Waals surface area contributed by atoms with Crippen LogP contribution in [0.4, 0.5) is 0 Å². The molecule has 5 atom stereocenters. The topological polar surface area (TPSA) is 222 Å². The van der Waals surface area contributed by atoms with E-state index in [4.69, 9.17) is 14.9 Å². The van der Waals surface area contributed by atoms with Crippen LogP contribution in [0.15, 0.2) is 24.3 Å². The van der Waals surface area contributed by atoms with Crippen molar-refractivity contribution in [2.75, 3.05) is 0 Å². The van der Waals surface area contributed by atoms with Crippen LogP contribution in [0.25, 0.3) is 0 Å². The number of hydrogen-bond donors (Lipinski definition) is 5. The van der Waals surface area contributed by atoms with Crippen molar-refractivity contribution in [1.29, 1.82) is 0 Å². The third-order valence-electron chi connectivity index (χ3n) is 6.70. The van der Waals surface area contributed by atoms with Crippen molar-refractivity contribution in [3.63, 3.8) is 0 Å². The quantitative estimate of drug-likeness (QED) is 0.0744. The van der Waals surface area contributed by atoms with Gasteiger partial charge in [-0.25, -0.2) is 9.59 Å². The molecule has 1 heterocycles. The molecule has 13 nitrogen and oxygen atoms in total. The second-order valence-corrected chi connectivity index (χ2v) is 9.99. The lowest BCUT2D eigenvalue weighted by atomic mass is 9.82. The number of hydrogen-bond acceptors (Lipinski definition) is 9. The number of allylic oxidation sites excluding steroid dienone is 3. The Morgan fingerprint density at radius 2 is 1.54 bits per heavy atom. The van der Waals surface area contributed by atoms with Crippen LogP contribution in [0, 0.1) is 11.8 Å². The zero-order valence-electron chi connectivity index (χ0n) is 23.1. The number of carbonyl (C=O) groups is 6. The lowest BCUT2D eigenvalue weighted by molar-refractivity contribution is -0.184. The first kappa shape index (κ1) is 35.3. The van der Waals surface area contributed by atoms with Crippen LogP contribution in [0.2, 0.25) is 0 Å². The number of cyclic esters (lactones) is 1. The second-order valence-electron chi connectivity index (χ2n) is 9.99. The summed E-state index contributed by atoms with van der Waals surface area (Å²) in [7, 11) is 0. The molecular weight excluding hydrogens is 544 g/mol. The summed E-state index contributed by atoms with van der Waals surface area (Å²) in [5, 5.41) is 47.7. The lowest BCUT2D eigenvalue weighted by Gasteiger charge is -2.27. The van der Waals surface area contributed by atoms with E-state index in [9.17, 15) is 44.1 Å². The Bertz CT molecular complexity index is 985. The fourth-order valence-corrected chi connectivity index (χ4v) is 4.40. The van der Waals surface area contributed by atoms with E-state index in [1.54, 1.807) is 12.2 Å². The number of carbonyl (C=O) groups excluding carboxylic acids is 2. The van der Waals surface area contributed by atoms with E-state index in [1.165, 1.54) is 32.1 Å². The van der Waals surface area contributed by atoms with E-state index < -0.39 is 78.3 Å². The van der Waals surface area contributed by atoms with Gasteiger partial charge in [0.15, 0.2) is 5.60 Å². The van der Waals surface area contributed by atoms with E-state index >= 15 is 0 Å². The molecule has 1 saturated heterocycles. The summed E-state index contributed by atoms with van der Waals surface area (Å²) in [5.74, 6) is -14.2. The van der Waals surface area contributed by atoms with Gasteiger partial charge in [0.25, 0.3) is 0 Å². The highest BCUT2D eigenvalue weighted by Gasteiger charge is 2.55. The Morgan fingerprint density at radius 1 is 0.927 bits per heavy atom. The van der Waals surface area contributed by atoms with Crippen molar-refractivity contribution in [1.82, 2.24) is 0 Å². The summed E-state index contributed by atoms with van der Waals surface area (Å²) in [6.07, 6.45) is 10.9. The van der Waals surface area contributed by atoms with Crippen molar-refractivity contribution in [3.8, 4) is 0 Å². The van der Waals surface area contributed by atoms with Gasteiger partial charge in [0.2, 0.25) is 6.10 Å². The summed E-state index contributed by atoms with van der Waals surface area (Å²) < 4.78 is 9.70. The first-order valence-electron chi connectivity index (χ1n) is 13.7. The molecule has 5 N–H and O–H groups in total. The van der Waals surface area contributed by atoms with Crippen LogP contribution >= 0.6 is 0 Å². The molecule has 0 aromatic carbocycles. The zero-order valence-corrected chi connectivity index (χ0v) is 23.1. The van der Waals surface area contributed by atoms with Crippen molar-refractivity contribution in [3.05, 3.63) is 24.3 Å². The minimum atomic E-state index is -3.05. The van der Waals surface area contributed by atoms with Crippen LogP contribution in [0.1, 0.15) is 84.0 Å². The molecule has 1 fully saturated rings. The molecule has 1 rings (SSSR count). The Kier molecular flexibility index (Phi) is 15.4. The predicted molar refractivity (Wildman–Crippen MR) is 142 cm³/mol. The molecule has 230 valence electrons. The summed E-state index contributed by atoms with van der Waals surface area (Å²) >= 11 is 0. The van der Waals surface area contributed by atoms with Crippen LogP contribution in [-0.4, -0.2) is 79.2 Å². The molecule has 1 aliphatic rings. The molecule has 1 aliphatic heterocycles. The number of aliphatic hydroxyl groups is 1. The highest BCUT2D eigenvalue weighted by atomic mass is 16.6. The average Bonchev–Trinajstić information content (AvgIpc) is 3.26. The molecule has 0 aromatic rings. The number of rotatable bonds is 21. The van der Waals surface area contributed by atoms with E-state index in [2.05, 4.69) is 17.7 Å². The second kappa shape index (κ2) is 17.8. The van der Waals surface area contributed by atoms with Crippen molar-refractivity contribution in [2.24, 2.45) is 11.8 Å². The van der Waals surface area contributed by atoms with Gasteiger partial charge in [0, 0.05) is 6.42 Å². The largest absolute Gasteiger partial charge is 0.481 e. The minimum absolute atomic E-state index is 0.293. The van der Waals surface area contributed by atoms with Gasteiger partial charge in [-0.1, -0.05) is 57.3 Å². The Labute approximate surface area is 237 Å². The molecular formula is C28H40O13. The van der Waals surface area contributed by atoms with E-state index in [1.807, 2.05) is 6.08 Å². The van der Waals surface area contributed by atoms with Gasteiger partial charge in [-0.05, 0) is 31.8 Å². The Balaban J connectivity index is 2.71. The van der Waals surface area contributed by atoms with Gasteiger partial charge in [-0.2, -0.15) is 0 Å². The Hall–Kier alpha value is -3.74. The number of aliphatic carboxylic acids is 4. The highest BCUT2D eigenvalue weighted by molar-refractivity contribution is 5.92. The maximum atomic E-state index is 12.4. The normalized spacial score (nSPS) is 19.9. The maximum Gasteiger partial charge on any atom is 0.345 e. The number of esters is 2. The van der Waals surface area contributed by atoms with Gasteiger partial charge in [-0.3, -0.25) is 19.2 Å². The summed E-state index contributed by atoms with van der Waals surface area (Å²) in [6.45, 7) is 2.18. The molecule has 0 saturated carbocycles. The monoisotopic (exact) mass is 584 g/mol. The standard InChI is InChI=1S/C28H40O13/c1-2-3-4-5-6-7-8-9-10-11-12-13-14-18-15-20(26(36)40-18)28(39,27(37)38)17-22(31)41-23(25(34)35)19(24(32)33)16-21(29)30/h9-10,13-14,18-20,23,39H,2-8,11-12,15-17H2,1H3,(H,29,30)(H,32,33)(H,34,35)(H,37,38)/b10-9+,14-13+/t18-,19+,20-,23+,28+/m0/s1. The lowest BCUT2D eigenvalue weighted by Crippen LogP contribution is -2.50. The van der Waals surface area contributed by atoms with Gasteiger partial charge in [-0.15, -0.1) is 0 Å². The predicted octanol–water partition coefficient (Wildman–Crippen LogP) is 2.94. The Morgan fingerprint density at radius 3 is 2.12 bits per heavy atom. The third kappa shape index (κ3) is 12.1. The number of ether oxygens (including phenoxy) is 2. The molecule has 0 amide bonds. The molecule has 0 unspecified atom stereocenters. The first-order valence-corrected chi connectivity index (χ1v) is 13.7. The number of carboxylic acids is 4. The van der Waals surface area contributed by atoms with E-state index in [-0.39, 0.29) is 6.42 Å². The first-order chi connectivity index (χ1) is 19.3. The molecule has 13 heteroatoms. The van der Waals surface area contributed by atoms with Crippen LogP contribution in [0.5, 0.6) is 0 Å². The number of carboxylic acid groups (broad SMARTS) is 4. The van der Waals surface area contributed by atoms with E-state index in [0.29, 0.717) is 6.42 Å². The minimum Gasteiger partial charge on any atom is -0.481 e. The summed E-state index contributed by atoms with van der Waals surface area (Å²) in [5.41, 5.74) is -3.05. The maximum absolute atomic E-state index is 12.4. The third-order valence-corrected chi connectivity index (χ3v) is 6.70. The molecule has 0 bridgehead atoms. The van der Waals surface area contributed by atoms with Gasteiger partial charge >= 0.3 is 35.8 Å². The summed E-state index contributed by atoms with van der Waals surface area (Å²) in [6, 6.07) is 0. The average molecular weight is 585 g/mol. The fourth-order valence-electron chi connectivity index (χ4n) is 4.40. The molecule has 0 aliphatic carbocycles. The van der Waals surface area contributed by atoms with E-state index in [0.717, 1.165) is 19.3 Å². The van der Waals surface area contributed by atoms with Crippen LogP contribution in [-0.2, 0) is 38.2 Å². The fraction of sp³-hybridized carbons (Fsp3) is 0.643. The summed E-state index contributed by atoms with van der Waals surface area (Å²) in [4.78, 5) is 70.4. The van der Waals surface area contributed by atoms with Crippen molar-refractivity contribution < 1.29 is 63.8 Å². The van der Waals surface area contributed by atoms with Gasteiger partial charge in [0.1, 0.15) is 17.9 Å². The van der Waals surface area contributed by atoms with Crippen LogP contribution in [0.3, 0.4) is 0 Å².